The van der Waals surface area contributed by atoms with Gasteiger partial charge >= 0.3 is 12.1 Å². The van der Waals surface area contributed by atoms with E-state index in [1.807, 2.05) is 7.05 Å². The molecule has 0 aliphatic heterocycles. The lowest BCUT2D eigenvalue weighted by Crippen LogP contribution is -2.37. The van der Waals surface area contributed by atoms with Crippen molar-refractivity contribution in [1.82, 2.24) is 16.0 Å². The monoisotopic (exact) mass is 297 g/mol. The molecule has 0 saturated carbocycles. The Morgan fingerprint density at radius 3 is 2.15 bits per heavy atom. The fourth-order valence-electron chi connectivity index (χ4n) is 1.47. The summed E-state index contributed by atoms with van der Waals surface area (Å²) in [5.74, 6) is -1.97. The maximum atomic E-state index is 11.8. The van der Waals surface area contributed by atoms with Gasteiger partial charge in [-0.15, -0.1) is 0 Å². The summed E-state index contributed by atoms with van der Waals surface area (Å²) in [6.45, 7) is 1.42. The Balaban J connectivity index is 3.40. The summed E-state index contributed by atoms with van der Waals surface area (Å²) >= 11 is 0. The number of alkyl halides is 3. The first-order chi connectivity index (χ1) is 9.38. The number of nitrogens with one attached hydrogen (secondary N) is 3. The van der Waals surface area contributed by atoms with Gasteiger partial charge in [0.1, 0.15) is 0 Å². The normalized spacial score (nSPS) is 11.2. The van der Waals surface area contributed by atoms with Gasteiger partial charge in [-0.1, -0.05) is 6.42 Å². The molecule has 0 aliphatic rings. The van der Waals surface area contributed by atoms with Crippen LogP contribution in [-0.4, -0.2) is 44.7 Å². The first-order valence-electron chi connectivity index (χ1n) is 6.64. The van der Waals surface area contributed by atoms with Crippen molar-refractivity contribution in [1.29, 1.82) is 0 Å². The fourth-order valence-corrected chi connectivity index (χ4v) is 1.47. The predicted molar refractivity (Wildman–Crippen MR) is 69.1 cm³/mol. The number of carbonyl (C=O) groups is 2. The third-order valence-electron chi connectivity index (χ3n) is 2.55. The Morgan fingerprint density at radius 1 is 0.900 bits per heavy atom. The van der Waals surface area contributed by atoms with E-state index in [0.717, 1.165) is 13.0 Å². The summed E-state index contributed by atoms with van der Waals surface area (Å²) in [5.41, 5.74) is 0. The number of amides is 2. The Bertz CT molecular complexity index is 296. The number of rotatable bonds is 10. The number of carbonyl (C=O) groups excluding carboxylic acids is 2. The van der Waals surface area contributed by atoms with E-state index in [2.05, 4.69) is 10.6 Å². The molecule has 0 heterocycles. The van der Waals surface area contributed by atoms with E-state index in [1.165, 1.54) is 0 Å². The van der Waals surface area contributed by atoms with Gasteiger partial charge in [0.05, 0.1) is 0 Å². The highest BCUT2D eigenvalue weighted by molar-refractivity contribution is 5.81. The molecule has 0 atom stereocenters. The van der Waals surface area contributed by atoms with Gasteiger partial charge in [-0.2, -0.15) is 13.2 Å². The van der Waals surface area contributed by atoms with Gasteiger partial charge in [-0.25, -0.2) is 0 Å². The molecule has 0 aromatic heterocycles. The second-order valence-electron chi connectivity index (χ2n) is 4.37. The van der Waals surface area contributed by atoms with Crippen LogP contribution in [0.25, 0.3) is 0 Å². The minimum atomic E-state index is -4.83. The van der Waals surface area contributed by atoms with Gasteiger partial charge in [-0.3, -0.25) is 9.59 Å². The van der Waals surface area contributed by atoms with Crippen molar-refractivity contribution in [3.05, 3.63) is 0 Å². The van der Waals surface area contributed by atoms with Crippen LogP contribution >= 0.6 is 0 Å². The number of unbranched alkanes of at least 4 members (excludes halogenated alkanes) is 2. The molecule has 5 nitrogen and oxygen atoms in total. The van der Waals surface area contributed by atoms with Crippen molar-refractivity contribution in [2.45, 2.75) is 38.3 Å². The molecule has 0 aliphatic carbocycles. The SMILES string of the molecule is CNCCCNC(=O)CCCCCNC(=O)C(F)(F)F. The van der Waals surface area contributed by atoms with Crippen LogP contribution in [0.1, 0.15) is 32.1 Å². The molecule has 0 aromatic rings. The van der Waals surface area contributed by atoms with Crippen molar-refractivity contribution >= 4 is 11.8 Å². The molecule has 3 N–H and O–H groups in total. The van der Waals surface area contributed by atoms with E-state index < -0.39 is 12.1 Å². The zero-order chi connectivity index (χ0) is 15.4. The molecule has 8 heteroatoms. The zero-order valence-corrected chi connectivity index (χ0v) is 11.6. The highest BCUT2D eigenvalue weighted by Gasteiger charge is 2.38. The van der Waals surface area contributed by atoms with Crippen molar-refractivity contribution in [2.24, 2.45) is 0 Å². The van der Waals surface area contributed by atoms with Crippen LogP contribution in [0.15, 0.2) is 0 Å². The number of halogens is 3. The molecule has 0 saturated heterocycles. The van der Waals surface area contributed by atoms with Gasteiger partial charge in [-0.05, 0) is 32.9 Å². The Kier molecular flexibility index (Phi) is 9.79. The number of hydrogen-bond donors (Lipinski definition) is 3. The molecule has 0 rings (SSSR count). The Hall–Kier alpha value is -1.31. The van der Waals surface area contributed by atoms with E-state index in [9.17, 15) is 22.8 Å². The standard InChI is InChI=1S/C12H22F3N3O2/c1-16-7-5-9-17-10(19)6-3-2-4-8-18-11(20)12(13,14)15/h16H,2-9H2,1H3,(H,17,19)(H,18,20). The zero-order valence-electron chi connectivity index (χ0n) is 11.6. The van der Waals surface area contributed by atoms with Crippen molar-refractivity contribution in [3.8, 4) is 0 Å². The molecule has 0 unspecified atom stereocenters. The summed E-state index contributed by atoms with van der Waals surface area (Å²) in [7, 11) is 1.83. The lowest BCUT2D eigenvalue weighted by molar-refractivity contribution is -0.173. The summed E-state index contributed by atoms with van der Waals surface area (Å²) in [6.07, 6.45) is -2.00. The van der Waals surface area contributed by atoms with E-state index in [1.54, 1.807) is 5.32 Å². The highest BCUT2D eigenvalue weighted by Crippen LogP contribution is 2.13. The topological polar surface area (TPSA) is 70.2 Å². The quantitative estimate of drug-likeness (QED) is 0.526. The van der Waals surface area contributed by atoms with Crippen LogP contribution in [0, 0.1) is 0 Å². The number of hydrogen-bond acceptors (Lipinski definition) is 3. The molecule has 118 valence electrons. The third kappa shape index (κ3) is 10.6. The average Bonchev–Trinajstić information content (AvgIpc) is 2.37. The largest absolute Gasteiger partial charge is 0.471 e. The fraction of sp³-hybridized carbons (Fsp3) is 0.833. The first-order valence-corrected chi connectivity index (χ1v) is 6.64. The van der Waals surface area contributed by atoms with Crippen LogP contribution in [0.4, 0.5) is 13.2 Å². The molecule has 20 heavy (non-hydrogen) atoms. The van der Waals surface area contributed by atoms with Crippen molar-refractivity contribution in [2.75, 3.05) is 26.7 Å². The van der Waals surface area contributed by atoms with E-state index in [0.29, 0.717) is 32.2 Å². The smallest absolute Gasteiger partial charge is 0.356 e. The first kappa shape index (κ1) is 18.7. The van der Waals surface area contributed by atoms with Crippen LogP contribution < -0.4 is 16.0 Å². The van der Waals surface area contributed by atoms with Gasteiger partial charge in [0.15, 0.2) is 0 Å². The summed E-state index contributed by atoms with van der Waals surface area (Å²) in [4.78, 5) is 21.8. The molecular formula is C12H22F3N3O2. The van der Waals surface area contributed by atoms with Crippen LogP contribution in [0.5, 0.6) is 0 Å². The summed E-state index contributed by atoms with van der Waals surface area (Å²) in [5, 5.41) is 7.50. The van der Waals surface area contributed by atoms with E-state index >= 15 is 0 Å². The predicted octanol–water partition coefficient (Wildman–Crippen LogP) is 0.951. The molecular weight excluding hydrogens is 275 g/mol. The highest BCUT2D eigenvalue weighted by atomic mass is 19.4. The molecule has 0 aromatic carbocycles. The molecule has 0 spiro atoms. The molecule has 0 radical (unpaired) electrons. The minimum Gasteiger partial charge on any atom is -0.356 e. The van der Waals surface area contributed by atoms with Gasteiger partial charge in [0.2, 0.25) is 5.91 Å². The van der Waals surface area contributed by atoms with Gasteiger partial charge < -0.3 is 16.0 Å². The molecule has 0 fully saturated rings. The van der Waals surface area contributed by atoms with E-state index in [4.69, 9.17) is 0 Å². The van der Waals surface area contributed by atoms with E-state index in [-0.39, 0.29) is 12.5 Å². The Morgan fingerprint density at radius 2 is 1.55 bits per heavy atom. The third-order valence-corrected chi connectivity index (χ3v) is 2.55. The Labute approximate surface area is 116 Å². The average molecular weight is 297 g/mol. The molecule has 0 bridgehead atoms. The van der Waals surface area contributed by atoms with Gasteiger partial charge in [0, 0.05) is 19.5 Å². The second kappa shape index (κ2) is 10.5. The summed E-state index contributed by atoms with van der Waals surface area (Å²) < 4.78 is 35.5. The summed E-state index contributed by atoms with van der Waals surface area (Å²) in [6, 6.07) is 0. The maximum absolute atomic E-state index is 11.8. The van der Waals surface area contributed by atoms with Crippen LogP contribution in [0.3, 0.4) is 0 Å². The maximum Gasteiger partial charge on any atom is 0.471 e. The van der Waals surface area contributed by atoms with Gasteiger partial charge in [0.25, 0.3) is 0 Å². The molecule has 2 amide bonds. The van der Waals surface area contributed by atoms with Crippen molar-refractivity contribution in [3.63, 3.8) is 0 Å². The lowest BCUT2D eigenvalue weighted by Gasteiger charge is -2.07. The lowest BCUT2D eigenvalue weighted by atomic mass is 10.2. The van der Waals surface area contributed by atoms with Crippen molar-refractivity contribution < 1.29 is 22.8 Å². The van der Waals surface area contributed by atoms with Crippen LogP contribution in [-0.2, 0) is 9.59 Å². The minimum absolute atomic E-state index is 0.0257. The second-order valence-corrected chi connectivity index (χ2v) is 4.37. The van der Waals surface area contributed by atoms with Crippen LogP contribution in [0.2, 0.25) is 0 Å².